The number of aliphatic hydroxyl groups is 5. The van der Waals surface area contributed by atoms with Crippen LogP contribution in [0.5, 0.6) is 0 Å². The molecule has 36 nitrogen and oxygen atoms in total. The minimum absolute atomic E-state index is 0.0388. The summed E-state index contributed by atoms with van der Waals surface area (Å²) in [6.07, 6.45) is -1.86. The van der Waals surface area contributed by atoms with Crippen LogP contribution in [-0.4, -0.2) is 240 Å². The van der Waals surface area contributed by atoms with Crippen molar-refractivity contribution in [2.24, 2.45) is 11.7 Å². The van der Waals surface area contributed by atoms with Crippen LogP contribution < -0.4 is 64.2 Å². The Bertz CT molecular complexity index is 2680. The second kappa shape index (κ2) is 37.9. The van der Waals surface area contributed by atoms with Crippen molar-refractivity contribution in [3.05, 3.63) is 54.1 Å². The molecule has 0 aliphatic heterocycles. The van der Waals surface area contributed by atoms with Crippen LogP contribution in [-0.2, 0) is 80.0 Å². The lowest BCUT2D eigenvalue weighted by molar-refractivity contribution is -0.145. The Labute approximate surface area is 495 Å². The van der Waals surface area contributed by atoms with Crippen molar-refractivity contribution in [1.82, 2.24) is 68.5 Å². The third-order valence-corrected chi connectivity index (χ3v) is 12.3. The summed E-state index contributed by atoms with van der Waals surface area (Å²) in [5.41, 5.74) is 6.78. The number of carbonyl (C=O) groups is 14. The van der Waals surface area contributed by atoms with Crippen LogP contribution in [0.2, 0.25) is 0 Å². The zero-order chi connectivity index (χ0) is 65.5. The minimum Gasteiger partial charge on any atom is -0.481 e. The van der Waals surface area contributed by atoms with E-state index in [-0.39, 0.29) is 25.2 Å². The second-order valence-corrected chi connectivity index (χ2v) is 19.9. The number of hydrogen-bond acceptors (Lipinski definition) is 21. The Morgan fingerprint density at radius 3 is 1.32 bits per heavy atom. The molecule has 0 aliphatic rings. The normalized spacial score (nSPS) is 14.8. The number of nitrogens with one attached hydrogen (secondary N) is 12. The number of imidazole rings is 1. The van der Waals surface area contributed by atoms with Crippen LogP contribution >= 0.6 is 0 Å². The highest BCUT2D eigenvalue weighted by Gasteiger charge is 2.36. The summed E-state index contributed by atoms with van der Waals surface area (Å²) in [5.74, 6) is -17.4. The van der Waals surface area contributed by atoms with Gasteiger partial charge < -0.3 is 110 Å². The van der Waals surface area contributed by atoms with Crippen molar-refractivity contribution >= 4 is 82.9 Å². The zero-order valence-electron chi connectivity index (χ0n) is 47.5. The van der Waals surface area contributed by atoms with Gasteiger partial charge in [-0.15, -0.1) is 0 Å². The summed E-state index contributed by atoms with van der Waals surface area (Å²) >= 11 is 0. The van der Waals surface area contributed by atoms with Crippen LogP contribution in [0.4, 0.5) is 0 Å². The number of aromatic nitrogens is 2. The van der Waals surface area contributed by atoms with Gasteiger partial charge in [0.1, 0.15) is 48.3 Å². The van der Waals surface area contributed by atoms with E-state index in [9.17, 15) is 108 Å². The molecule has 2 rings (SSSR count). The van der Waals surface area contributed by atoms with Gasteiger partial charge in [0.05, 0.1) is 58.0 Å². The van der Waals surface area contributed by atoms with E-state index < -0.39 is 215 Å². The molecule has 1 aromatic heterocycles. The fourth-order valence-electron chi connectivity index (χ4n) is 7.69. The molecule has 11 atom stereocenters. The van der Waals surface area contributed by atoms with Crippen molar-refractivity contribution in [3.8, 4) is 0 Å². The number of carboxylic acids is 3. The number of rotatable bonds is 40. The average Bonchev–Trinajstić information content (AvgIpc) is 3.58. The molecule has 36 heteroatoms. The zero-order valence-corrected chi connectivity index (χ0v) is 47.5. The first-order valence-electron chi connectivity index (χ1n) is 26.9. The van der Waals surface area contributed by atoms with E-state index in [4.69, 9.17) is 5.73 Å². The van der Waals surface area contributed by atoms with Gasteiger partial charge in [-0.1, -0.05) is 44.2 Å². The number of carboxylic acid groups (broad SMARTS) is 3. The molecular formula is C51H76N14O22. The molecule has 0 spiro atoms. The van der Waals surface area contributed by atoms with Crippen molar-refractivity contribution < 1.29 is 108 Å². The molecule has 2 aromatic rings. The van der Waals surface area contributed by atoms with Crippen molar-refractivity contribution in [2.75, 3.05) is 39.5 Å². The third-order valence-electron chi connectivity index (χ3n) is 12.3. The van der Waals surface area contributed by atoms with E-state index in [1.165, 1.54) is 24.7 Å². The van der Waals surface area contributed by atoms with Gasteiger partial charge in [-0.2, -0.15) is 0 Å². The highest BCUT2D eigenvalue weighted by Crippen LogP contribution is 2.10. The number of benzene rings is 1. The van der Waals surface area contributed by atoms with Crippen LogP contribution in [0.1, 0.15) is 64.1 Å². The lowest BCUT2D eigenvalue weighted by Crippen LogP contribution is -2.62. The number of aromatic amines is 1. The van der Waals surface area contributed by atoms with E-state index >= 15 is 0 Å². The van der Waals surface area contributed by atoms with Gasteiger partial charge in [0, 0.05) is 37.6 Å². The first-order valence-corrected chi connectivity index (χ1v) is 26.9. The lowest BCUT2D eigenvalue weighted by Gasteiger charge is -2.27. The molecule has 0 bridgehead atoms. The Hall–Kier alpha value is -9.23. The first-order chi connectivity index (χ1) is 41.0. The number of H-pyrrole nitrogens is 1. The second-order valence-electron chi connectivity index (χ2n) is 19.9. The molecule has 1 heterocycles. The van der Waals surface area contributed by atoms with Gasteiger partial charge in [-0.3, -0.25) is 62.3 Å². The number of carbonyl (C=O) groups excluding carboxylic acids is 11. The summed E-state index contributed by atoms with van der Waals surface area (Å²) in [4.78, 5) is 187. The molecule has 87 heavy (non-hydrogen) atoms. The SMILES string of the molecule is CC(C)C[C@H](NC(=O)[C@H](CCC(=O)O)NC(=O)[C@H](CO)NC(=O)[C@H](CO)NC(=O)[C@H](Cc1ccccc1)NC(=O)[C@H](CO)NC(=O)CNC(=O)[C@H](CCC(=O)O)NC(=O)CNC(=O)[C@@H](N)Cc1cnc[nH]1)C(=O)N[C@@H](CO)C(=O)N[C@H](C(=O)O)[C@@H](C)O. The number of aliphatic hydroxyl groups excluding tert-OH is 5. The fourth-order valence-corrected chi connectivity index (χ4v) is 7.69. The topological polar surface area (TPSA) is 588 Å². The van der Waals surface area contributed by atoms with E-state index in [1.807, 2.05) is 5.32 Å². The average molecular weight is 1240 g/mol. The van der Waals surface area contributed by atoms with Crippen molar-refractivity contribution in [3.63, 3.8) is 0 Å². The molecular weight excluding hydrogens is 1160 g/mol. The van der Waals surface area contributed by atoms with Crippen LogP contribution in [0.3, 0.4) is 0 Å². The predicted octanol–water partition coefficient (Wildman–Crippen LogP) is -9.67. The molecule has 11 amide bonds. The number of nitrogens with two attached hydrogens (primary N) is 1. The monoisotopic (exact) mass is 1240 g/mol. The number of amides is 11. The van der Waals surface area contributed by atoms with Gasteiger partial charge in [0.25, 0.3) is 0 Å². The Balaban J connectivity index is 2.21. The first kappa shape index (κ1) is 73.9. The number of aliphatic carboxylic acids is 3. The van der Waals surface area contributed by atoms with Crippen LogP contribution in [0.15, 0.2) is 42.9 Å². The van der Waals surface area contributed by atoms with Gasteiger partial charge in [0.2, 0.25) is 65.0 Å². The van der Waals surface area contributed by atoms with E-state index in [0.29, 0.717) is 11.3 Å². The summed E-state index contributed by atoms with van der Waals surface area (Å²) in [6.45, 7) is -1.96. The molecule has 0 aliphatic carbocycles. The van der Waals surface area contributed by atoms with Crippen LogP contribution in [0.25, 0.3) is 0 Å². The Morgan fingerprint density at radius 1 is 0.494 bits per heavy atom. The molecule has 1 aromatic carbocycles. The van der Waals surface area contributed by atoms with Gasteiger partial charge in [-0.25, -0.2) is 9.78 Å². The minimum atomic E-state index is -2.01. The highest BCUT2D eigenvalue weighted by atomic mass is 16.4. The van der Waals surface area contributed by atoms with Gasteiger partial charge in [-0.05, 0) is 37.7 Å². The molecule has 482 valence electrons. The maximum absolute atomic E-state index is 13.9. The molecule has 0 saturated heterocycles. The summed E-state index contributed by atoms with van der Waals surface area (Å²) < 4.78 is 0. The molecule has 0 radical (unpaired) electrons. The van der Waals surface area contributed by atoms with E-state index in [1.54, 1.807) is 32.0 Å². The summed E-state index contributed by atoms with van der Waals surface area (Å²) in [5, 5.41) is 102. The summed E-state index contributed by atoms with van der Waals surface area (Å²) in [6, 6.07) is -9.44. The van der Waals surface area contributed by atoms with Crippen molar-refractivity contribution in [1.29, 1.82) is 0 Å². The molecule has 22 N–H and O–H groups in total. The molecule has 0 saturated carbocycles. The number of hydrogen-bond donors (Lipinski definition) is 21. The van der Waals surface area contributed by atoms with Crippen LogP contribution in [0, 0.1) is 5.92 Å². The van der Waals surface area contributed by atoms with Crippen molar-refractivity contribution in [2.45, 2.75) is 132 Å². The third kappa shape index (κ3) is 27.1. The maximum atomic E-state index is 13.9. The lowest BCUT2D eigenvalue weighted by atomic mass is 10.0. The van der Waals surface area contributed by atoms with E-state index in [2.05, 4.69) is 63.1 Å². The maximum Gasteiger partial charge on any atom is 0.328 e. The molecule has 0 unspecified atom stereocenters. The number of nitrogens with zero attached hydrogens (tertiary/aromatic N) is 1. The quantitative estimate of drug-likeness (QED) is 0.0295. The Kier molecular flexibility index (Phi) is 32.2. The van der Waals surface area contributed by atoms with E-state index in [0.717, 1.165) is 6.92 Å². The standard InChI is InChI=1S/C51H76N14O22/c1-24(2)13-31(45(80)63-36(22-69)50(85)65-41(25(3)70)51(86)87)60-44(79)30(10-12-40(75)76)59-48(83)34(20-67)64-49(84)35(21-68)62-46(81)32(14-26-7-5-4-6-8-26)61-47(82)33(19-66)58-38(72)18-55-43(78)29(9-11-39(73)74)57-37(71)17-54-42(77)28(52)15-27-16-53-23-56-27/h4-8,16,23-25,28-36,41,66-70H,9-15,17-22,52H2,1-3H3,(H,53,56)(H,54,77)(H,55,78)(H,57,71)(H,58,72)(H,59,83)(H,60,79)(H,61,82)(H,62,81)(H,63,80)(H,64,84)(H,65,85)(H,73,74)(H,75,76)(H,86,87)/t25-,28+,29+,30+,31+,32+,33+,34+,35+,36+,41+/m1/s1. The summed E-state index contributed by atoms with van der Waals surface area (Å²) in [7, 11) is 0. The fraction of sp³-hybridized carbons (Fsp3) is 0.549. The largest absolute Gasteiger partial charge is 0.481 e. The highest BCUT2D eigenvalue weighted by molar-refractivity contribution is 5.99. The molecule has 0 fully saturated rings. The smallest absolute Gasteiger partial charge is 0.328 e. The predicted molar refractivity (Wildman–Crippen MR) is 295 cm³/mol. The Morgan fingerprint density at radius 2 is 0.885 bits per heavy atom. The van der Waals surface area contributed by atoms with Gasteiger partial charge >= 0.3 is 17.9 Å². The van der Waals surface area contributed by atoms with Gasteiger partial charge in [0.15, 0.2) is 6.04 Å².